The first-order chi connectivity index (χ1) is 7.70. The zero-order valence-corrected chi connectivity index (χ0v) is 8.93. The Morgan fingerprint density at radius 2 is 2.38 bits per heavy atom. The van der Waals surface area contributed by atoms with Crippen LogP contribution in [0.3, 0.4) is 0 Å². The van der Waals surface area contributed by atoms with Crippen molar-refractivity contribution < 1.29 is 19.1 Å². The van der Waals surface area contributed by atoms with Gasteiger partial charge in [-0.25, -0.2) is 4.79 Å². The Hall–Kier alpha value is -1.32. The van der Waals surface area contributed by atoms with Crippen LogP contribution in [0.1, 0.15) is 12.8 Å². The number of cyclic esters (lactones) is 1. The maximum atomic E-state index is 11.6. The molecular formula is C12H14O4. The number of carbonyl (C=O) groups is 2. The molecule has 4 heteroatoms. The predicted octanol–water partition coefficient (Wildman–Crippen LogP) is 0.913. The zero-order valence-electron chi connectivity index (χ0n) is 8.93. The van der Waals surface area contributed by atoms with Crippen molar-refractivity contribution in [3.63, 3.8) is 0 Å². The van der Waals surface area contributed by atoms with E-state index in [0.717, 1.165) is 18.4 Å². The largest absolute Gasteiger partial charge is 0.459 e. The van der Waals surface area contributed by atoms with E-state index in [1.807, 2.05) is 0 Å². The molecule has 0 spiro atoms. The second-order valence-corrected chi connectivity index (χ2v) is 4.89. The van der Waals surface area contributed by atoms with Gasteiger partial charge in [-0.1, -0.05) is 6.58 Å². The van der Waals surface area contributed by atoms with Gasteiger partial charge in [-0.3, -0.25) is 4.79 Å². The average Bonchev–Trinajstić information content (AvgIpc) is 2.83. The Bertz CT molecular complexity index is 362. The van der Waals surface area contributed by atoms with Crippen molar-refractivity contribution in [1.82, 2.24) is 0 Å². The van der Waals surface area contributed by atoms with Crippen LogP contribution in [0.5, 0.6) is 0 Å². The van der Waals surface area contributed by atoms with Crippen molar-refractivity contribution in [1.29, 1.82) is 0 Å². The van der Waals surface area contributed by atoms with Crippen molar-refractivity contribution >= 4 is 11.9 Å². The number of esters is 2. The third-order valence-electron chi connectivity index (χ3n) is 4.05. The summed E-state index contributed by atoms with van der Waals surface area (Å²) in [5.41, 5.74) is 0. The first-order valence-corrected chi connectivity index (χ1v) is 5.70. The Morgan fingerprint density at radius 1 is 1.56 bits per heavy atom. The lowest BCUT2D eigenvalue weighted by molar-refractivity contribution is -0.151. The summed E-state index contributed by atoms with van der Waals surface area (Å²) in [5.74, 6) is 1.15. The fourth-order valence-electron chi connectivity index (χ4n) is 3.27. The van der Waals surface area contributed by atoms with E-state index in [2.05, 4.69) is 6.58 Å². The van der Waals surface area contributed by atoms with Crippen LogP contribution in [0.2, 0.25) is 0 Å². The summed E-state index contributed by atoms with van der Waals surface area (Å²) in [6.45, 7) is 3.51. The van der Waals surface area contributed by atoms with Gasteiger partial charge in [-0.15, -0.1) is 0 Å². The maximum absolute atomic E-state index is 11.6. The molecule has 5 unspecified atom stereocenters. The topological polar surface area (TPSA) is 52.6 Å². The van der Waals surface area contributed by atoms with Crippen LogP contribution in [0, 0.1) is 23.7 Å². The Balaban J connectivity index is 1.65. The maximum Gasteiger partial charge on any atom is 0.330 e. The van der Waals surface area contributed by atoms with Gasteiger partial charge < -0.3 is 9.47 Å². The molecule has 2 aliphatic carbocycles. The van der Waals surface area contributed by atoms with E-state index < -0.39 is 5.97 Å². The van der Waals surface area contributed by atoms with Crippen LogP contribution < -0.4 is 0 Å². The minimum atomic E-state index is -0.454. The van der Waals surface area contributed by atoms with Crippen molar-refractivity contribution in [2.45, 2.75) is 18.9 Å². The van der Waals surface area contributed by atoms with Gasteiger partial charge in [0.15, 0.2) is 0 Å². The van der Waals surface area contributed by atoms with Crippen molar-refractivity contribution in [2.75, 3.05) is 6.61 Å². The van der Waals surface area contributed by atoms with Gasteiger partial charge in [-0.2, -0.15) is 0 Å². The molecule has 1 heterocycles. The van der Waals surface area contributed by atoms with Gasteiger partial charge >= 0.3 is 11.9 Å². The highest BCUT2D eigenvalue weighted by Gasteiger charge is 2.62. The molecule has 0 radical (unpaired) electrons. The van der Waals surface area contributed by atoms with E-state index in [1.165, 1.54) is 6.42 Å². The molecule has 86 valence electrons. The highest BCUT2D eigenvalue weighted by Crippen LogP contribution is 2.61. The molecule has 0 amide bonds. The molecule has 1 aliphatic heterocycles. The molecule has 3 aliphatic rings. The molecule has 0 aromatic carbocycles. The summed E-state index contributed by atoms with van der Waals surface area (Å²) in [7, 11) is 0. The van der Waals surface area contributed by atoms with E-state index >= 15 is 0 Å². The third kappa shape index (κ3) is 1.36. The van der Waals surface area contributed by atoms with Crippen molar-refractivity contribution in [2.24, 2.45) is 23.7 Å². The summed E-state index contributed by atoms with van der Waals surface area (Å²) in [4.78, 5) is 22.5. The molecule has 4 nitrogen and oxygen atoms in total. The molecule has 0 aromatic heterocycles. The van der Waals surface area contributed by atoms with E-state index in [4.69, 9.17) is 9.47 Å². The third-order valence-corrected chi connectivity index (χ3v) is 4.05. The quantitative estimate of drug-likeness (QED) is 0.526. The fourth-order valence-corrected chi connectivity index (χ4v) is 3.27. The van der Waals surface area contributed by atoms with Gasteiger partial charge in [0.25, 0.3) is 0 Å². The number of carbonyl (C=O) groups excluding carboxylic acids is 2. The average molecular weight is 222 g/mol. The summed E-state index contributed by atoms with van der Waals surface area (Å²) in [5, 5.41) is 0. The Labute approximate surface area is 93.6 Å². The molecule has 0 bridgehead atoms. The minimum absolute atomic E-state index is 0.0659. The summed E-state index contributed by atoms with van der Waals surface area (Å²) < 4.78 is 10.2. The van der Waals surface area contributed by atoms with E-state index in [9.17, 15) is 9.59 Å². The number of hydrogen-bond acceptors (Lipinski definition) is 4. The predicted molar refractivity (Wildman–Crippen MR) is 54.2 cm³/mol. The second kappa shape index (κ2) is 3.34. The Morgan fingerprint density at radius 3 is 3.12 bits per heavy atom. The van der Waals surface area contributed by atoms with Gasteiger partial charge in [0.05, 0.1) is 5.92 Å². The highest BCUT2D eigenvalue weighted by molar-refractivity contribution is 5.81. The van der Waals surface area contributed by atoms with Crippen LogP contribution in [0.15, 0.2) is 12.7 Å². The lowest BCUT2D eigenvalue weighted by Crippen LogP contribution is -2.26. The standard InChI is InChI=1S/C12H14O4/c1-2-10(13)15-5-9-11-7-3-6(7)4-8(11)12(14)16-9/h2,6-9,11H,1,3-5H2. The van der Waals surface area contributed by atoms with Gasteiger partial charge in [-0.05, 0) is 24.7 Å². The number of ether oxygens (including phenoxy) is 2. The molecule has 5 atom stereocenters. The van der Waals surface area contributed by atoms with E-state index in [-0.39, 0.29) is 30.5 Å². The molecule has 3 rings (SSSR count). The van der Waals surface area contributed by atoms with Gasteiger partial charge in [0.2, 0.25) is 0 Å². The van der Waals surface area contributed by atoms with Gasteiger partial charge in [0, 0.05) is 12.0 Å². The Kier molecular flexibility index (Phi) is 2.06. The molecule has 0 aromatic rings. The monoisotopic (exact) mass is 222 g/mol. The van der Waals surface area contributed by atoms with Crippen LogP contribution in [0.25, 0.3) is 0 Å². The SMILES string of the molecule is C=CC(=O)OCC1OC(=O)C2CC3CC3C12. The number of rotatable bonds is 3. The molecule has 16 heavy (non-hydrogen) atoms. The van der Waals surface area contributed by atoms with Crippen LogP contribution in [-0.2, 0) is 19.1 Å². The fraction of sp³-hybridized carbons (Fsp3) is 0.667. The van der Waals surface area contributed by atoms with Crippen LogP contribution >= 0.6 is 0 Å². The van der Waals surface area contributed by atoms with E-state index in [1.54, 1.807) is 0 Å². The first-order valence-electron chi connectivity index (χ1n) is 5.70. The number of fused-ring (bicyclic) bond motifs is 3. The van der Waals surface area contributed by atoms with Crippen LogP contribution in [0.4, 0.5) is 0 Å². The van der Waals surface area contributed by atoms with Crippen molar-refractivity contribution in [3.8, 4) is 0 Å². The normalized spacial score (nSPS) is 43.2. The molecule has 2 saturated carbocycles. The lowest BCUT2D eigenvalue weighted by Gasteiger charge is -2.16. The molecule has 1 saturated heterocycles. The second-order valence-electron chi connectivity index (χ2n) is 4.89. The summed E-state index contributed by atoms with van der Waals surface area (Å²) >= 11 is 0. The molecule has 0 N–H and O–H groups in total. The van der Waals surface area contributed by atoms with Crippen LogP contribution in [-0.4, -0.2) is 24.6 Å². The number of hydrogen-bond donors (Lipinski definition) is 0. The lowest BCUT2D eigenvalue weighted by atomic mass is 9.90. The summed E-state index contributed by atoms with van der Waals surface area (Å²) in [6, 6.07) is 0. The van der Waals surface area contributed by atoms with Crippen molar-refractivity contribution in [3.05, 3.63) is 12.7 Å². The molecular weight excluding hydrogens is 208 g/mol. The zero-order chi connectivity index (χ0) is 11.3. The minimum Gasteiger partial charge on any atom is -0.459 e. The van der Waals surface area contributed by atoms with E-state index in [0.29, 0.717) is 5.92 Å². The first kappa shape index (κ1) is 9.87. The molecule has 3 fully saturated rings. The van der Waals surface area contributed by atoms with Gasteiger partial charge in [0.1, 0.15) is 12.7 Å². The smallest absolute Gasteiger partial charge is 0.330 e. The highest BCUT2D eigenvalue weighted by atomic mass is 16.6. The summed E-state index contributed by atoms with van der Waals surface area (Å²) in [6.07, 6.45) is 3.09.